The Labute approximate surface area is 101 Å². The van der Waals surface area contributed by atoms with Crippen molar-refractivity contribution in [3.63, 3.8) is 0 Å². The number of aliphatic hydroxyl groups is 1. The maximum Gasteiger partial charge on any atom is 0.110 e. The van der Waals surface area contributed by atoms with Crippen LogP contribution in [0.25, 0.3) is 0 Å². The van der Waals surface area contributed by atoms with E-state index in [9.17, 15) is 5.11 Å². The van der Waals surface area contributed by atoms with Crippen molar-refractivity contribution in [3.05, 3.63) is 35.4 Å². The lowest BCUT2D eigenvalue weighted by molar-refractivity contribution is 0.219. The molecular formula is C12H18N4O. The van der Waals surface area contributed by atoms with Crippen LogP contribution < -0.4 is 0 Å². The Morgan fingerprint density at radius 2 is 2.18 bits per heavy atom. The number of aromatic nitrogens is 4. The summed E-state index contributed by atoms with van der Waals surface area (Å²) in [5.74, 6) is 0. The molecule has 0 spiro atoms. The van der Waals surface area contributed by atoms with Crippen LogP contribution in [-0.4, -0.2) is 24.7 Å². The molecule has 0 aliphatic heterocycles. The fraction of sp³-hybridized carbons (Fsp3) is 0.500. The van der Waals surface area contributed by atoms with E-state index < -0.39 is 6.10 Å². The van der Waals surface area contributed by atoms with Crippen LogP contribution >= 0.6 is 0 Å². The van der Waals surface area contributed by atoms with Crippen LogP contribution in [0, 0.1) is 6.92 Å². The fourth-order valence-electron chi connectivity index (χ4n) is 1.94. The van der Waals surface area contributed by atoms with Gasteiger partial charge in [0, 0.05) is 37.1 Å². The van der Waals surface area contributed by atoms with Gasteiger partial charge in [0.05, 0.1) is 11.9 Å². The Morgan fingerprint density at radius 1 is 1.41 bits per heavy atom. The number of aryl methyl sites for hydroxylation is 3. The Kier molecular flexibility index (Phi) is 3.28. The molecule has 0 saturated carbocycles. The molecule has 17 heavy (non-hydrogen) atoms. The molecule has 2 heterocycles. The maximum absolute atomic E-state index is 10.3. The molecule has 92 valence electrons. The van der Waals surface area contributed by atoms with E-state index in [0.717, 1.165) is 29.8 Å². The first-order chi connectivity index (χ1) is 8.11. The van der Waals surface area contributed by atoms with Crippen LogP contribution in [0.15, 0.2) is 18.6 Å². The number of hydrogen-bond donors (Lipinski definition) is 1. The lowest BCUT2D eigenvalue weighted by atomic mass is 10.1. The third kappa shape index (κ3) is 2.39. The standard InChI is InChI=1S/C12H18N4O/c1-4-5-16-7-10(6-13-16)12(17)11-8-15(3)14-9(11)2/h6-8,12,17H,4-5H2,1-3H3. The van der Waals surface area contributed by atoms with E-state index in [1.807, 2.05) is 31.0 Å². The SMILES string of the molecule is CCCn1cc(C(O)c2cn(C)nc2C)cn1. The van der Waals surface area contributed by atoms with Gasteiger partial charge in [0.2, 0.25) is 0 Å². The van der Waals surface area contributed by atoms with Crippen molar-refractivity contribution in [1.29, 1.82) is 0 Å². The zero-order valence-electron chi connectivity index (χ0n) is 10.5. The van der Waals surface area contributed by atoms with Crippen LogP contribution in [0.4, 0.5) is 0 Å². The molecule has 0 aromatic carbocycles. The van der Waals surface area contributed by atoms with Crippen LogP contribution in [-0.2, 0) is 13.6 Å². The van der Waals surface area contributed by atoms with Crippen molar-refractivity contribution in [2.45, 2.75) is 32.9 Å². The first-order valence-electron chi connectivity index (χ1n) is 5.82. The highest BCUT2D eigenvalue weighted by molar-refractivity contribution is 5.27. The lowest BCUT2D eigenvalue weighted by Crippen LogP contribution is -2.00. The summed E-state index contributed by atoms with van der Waals surface area (Å²) in [6.45, 7) is 4.87. The molecule has 1 unspecified atom stereocenters. The summed E-state index contributed by atoms with van der Waals surface area (Å²) in [6.07, 6.45) is 5.84. The lowest BCUT2D eigenvalue weighted by Gasteiger charge is -2.06. The van der Waals surface area contributed by atoms with Crippen LogP contribution in [0.1, 0.15) is 36.3 Å². The number of hydrogen-bond acceptors (Lipinski definition) is 3. The highest BCUT2D eigenvalue weighted by Gasteiger charge is 2.17. The van der Waals surface area contributed by atoms with Gasteiger partial charge in [-0.3, -0.25) is 9.36 Å². The Balaban J connectivity index is 2.24. The van der Waals surface area contributed by atoms with E-state index >= 15 is 0 Å². The van der Waals surface area contributed by atoms with Gasteiger partial charge in [0.1, 0.15) is 6.10 Å². The highest BCUT2D eigenvalue weighted by Crippen LogP contribution is 2.23. The molecule has 1 N–H and O–H groups in total. The van der Waals surface area contributed by atoms with E-state index in [1.54, 1.807) is 10.9 Å². The first kappa shape index (κ1) is 11.9. The molecule has 0 aliphatic carbocycles. The summed E-state index contributed by atoms with van der Waals surface area (Å²) in [4.78, 5) is 0. The van der Waals surface area contributed by atoms with Gasteiger partial charge in [-0.1, -0.05) is 6.92 Å². The average molecular weight is 234 g/mol. The van der Waals surface area contributed by atoms with E-state index in [-0.39, 0.29) is 0 Å². The highest BCUT2D eigenvalue weighted by atomic mass is 16.3. The minimum Gasteiger partial charge on any atom is -0.383 e. The van der Waals surface area contributed by atoms with Crippen LogP contribution in [0.3, 0.4) is 0 Å². The predicted molar refractivity (Wildman–Crippen MR) is 64.5 cm³/mol. The summed E-state index contributed by atoms with van der Waals surface area (Å²) < 4.78 is 3.56. The molecule has 0 amide bonds. The van der Waals surface area contributed by atoms with Gasteiger partial charge in [-0.25, -0.2) is 0 Å². The Hall–Kier alpha value is -1.62. The second-order valence-electron chi connectivity index (χ2n) is 4.28. The predicted octanol–water partition coefficient (Wildman–Crippen LogP) is 1.42. The third-order valence-electron chi connectivity index (χ3n) is 2.77. The zero-order valence-corrected chi connectivity index (χ0v) is 10.5. The summed E-state index contributed by atoms with van der Waals surface area (Å²) in [7, 11) is 1.85. The maximum atomic E-state index is 10.3. The summed E-state index contributed by atoms with van der Waals surface area (Å²) in [5, 5.41) is 18.7. The molecule has 0 aliphatic rings. The second kappa shape index (κ2) is 4.71. The van der Waals surface area contributed by atoms with Gasteiger partial charge in [0.25, 0.3) is 0 Å². The number of nitrogens with zero attached hydrogens (tertiary/aromatic N) is 4. The molecular weight excluding hydrogens is 216 g/mol. The van der Waals surface area contributed by atoms with Gasteiger partial charge >= 0.3 is 0 Å². The quantitative estimate of drug-likeness (QED) is 0.870. The molecule has 0 bridgehead atoms. The molecule has 0 fully saturated rings. The zero-order chi connectivity index (χ0) is 12.4. The van der Waals surface area contributed by atoms with Gasteiger partial charge in [-0.15, -0.1) is 0 Å². The van der Waals surface area contributed by atoms with E-state index in [4.69, 9.17) is 0 Å². The molecule has 2 aromatic rings. The summed E-state index contributed by atoms with van der Waals surface area (Å²) in [5.41, 5.74) is 2.50. The van der Waals surface area contributed by atoms with E-state index in [1.165, 1.54) is 0 Å². The van der Waals surface area contributed by atoms with Crippen molar-refractivity contribution in [1.82, 2.24) is 19.6 Å². The topological polar surface area (TPSA) is 55.9 Å². The van der Waals surface area contributed by atoms with Crippen LogP contribution in [0.2, 0.25) is 0 Å². The van der Waals surface area contributed by atoms with Gasteiger partial charge in [-0.05, 0) is 13.3 Å². The van der Waals surface area contributed by atoms with Crippen molar-refractivity contribution < 1.29 is 5.11 Å². The van der Waals surface area contributed by atoms with Gasteiger partial charge < -0.3 is 5.11 Å². The monoisotopic (exact) mass is 234 g/mol. The molecule has 0 radical (unpaired) electrons. The molecule has 5 heteroatoms. The molecule has 2 rings (SSSR count). The Bertz CT molecular complexity index is 500. The van der Waals surface area contributed by atoms with Crippen molar-refractivity contribution in [3.8, 4) is 0 Å². The number of rotatable bonds is 4. The van der Waals surface area contributed by atoms with Crippen molar-refractivity contribution in [2.24, 2.45) is 7.05 Å². The van der Waals surface area contributed by atoms with Gasteiger partial charge in [0.15, 0.2) is 0 Å². The Morgan fingerprint density at radius 3 is 2.76 bits per heavy atom. The molecule has 5 nitrogen and oxygen atoms in total. The first-order valence-corrected chi connectivity index (χ1v) is 5.82. The van der Waals surface area contributed by atoms with Crippen molar-refractivity contribution in [2.75, 3.05) is 0 Å². The molecule has 0 saturated heterocycles. The minimum atomic E-state index is -0.644. The van der Waals surface area contributed by atoms with Crippen LogP contribution in [0.5, 0.6) is 0 Å². The normalized spacial score (nSPS) is 12.9. The third-order valence-corrected chi connectivity index (χ3v) is 2.77. The summed E-state index contributed by atoms with van der Waals surface area (Å²) in [6, 6.07) is 0. The number of aliphatic hydroxyl groups excluding tert-OH is 1. The smallest absolute Gasteiger partial charge is 0.110 e. The largest absolute Gasteiger partial charge is 0.383 e. The molecule has 1 atom stereocenters. The van der Waals surface area contributed by atoms with E-state index in [0.29, 0.717) is 0 Å². The van der Waals surface area contributed by atoms with Crippen molar-refractivity contribution >= 4 is 0 Å². The average Bonchev–Trinajstić information content (AvgIpc) is 2.85. The summed E-state index contributed by atoms with van der Waals surface area (Å²) >= 11 is 0. The minimum absolute atomic E-state index is 0.644. The molecule has 2 aromatic heterocycles. The fourth-order valence-corrected chi connectivity index (χ4v) is 1.94. The second-order valence-corrected chi connectivity index (χ2v) is 4.28. The van der Waals surface area contributed by atoms with Gasteiger partial charge in [-0.2, -0.15) is 10.2 Å². The van der Waals surface area contributed by atoms with E-state index in [2.05, 4.69) is 17.1 Å².